The summed E-state index contributed by atoms with van der Waals surface area (Å²) >= 11 is 0. The normalized spacial score (nSPS) is 13.9. The quantitative estimate of drug-likeness (QED) is 0.438. The fourth-order valence-electron chi connectivity index (χ4n) is 1.32. The summed E-state index contributed by atoms with van der Waals surface area (Å²) in [5.41, 5.74) is 0.316. The van der Waals surface area contributed by atoms with Crippen molar-refractivity contribution in [3.05, 3.63) is 0 Å². The van der Waals surface area contributed by atoms with Crippen molar-refractivity contribution in [2.45, 2.75) is 46.5 Å². The first-order valence-corrected chi connectivity index (χ1v) is 6.95. The van der Waals surface area contributed by atoms with E-state index in [-0.39, 0.29) is 0 Å². The zero-order valence-corrected chi connectivity index (χ0v) is 11.4. The van der Waals surface area contributed by atoms with Crippen molar-refractivity contribution in [2.75, 3.05) is 7.05 Å². The molecule has 0 bridgehead atoms. The van der Waals surface area contributed by atoms with Crippen molar-refractivity contribution in [3.8, 4) is 0 Å². The highest BCUT2D eigenvalue weighted by Crippen LogP contribution is 2.21. The molecule has 0 aromatic heterocycles. The lowest BCUT2D eigenvalue weighted by Crippen LogP contribution is -2.36. The number of hydrogen-bond donors (Lipinski definition) is 2. The standard InChI is InChI=1S/C10H23N3O2S/c1-10(2,3)8-6-5-7-9(12-4)13-16(11,14)15/h5-8H2,1-4H3,(H,12,13)(H2,11,14,15). The highest BCUT2D eigenvalue weighted by atomic mass is 32.2. The lowest BCUT2D eigenvalue weighted by atomic mass is 9.89. The van der Waals surface area contributed by atoms with Gasteiger partial charge in [-0.3, -0.25) is 9.71 Å². The van der Waals surface area contributed by atoms with Gasteiger partial charge >= 0.3 is 0 Å². The van der Waals surface area contributed by atoms with E-state index in [4.69, 9.17) is 5.14 Å². The summed E-state index contributed by atoms with van der Waals surface area (Å²) in [6, 6.07) is 0. The molecular formula is C10H23N3O2S. The molecule has 96 valence electrons. The van der Waals surface area contributed by atoms with E-state index >= 15 is 0 Å². The van der Waals surface area contributed by atoms with Gasteiger partial charge in [0.05, 0.1) is 0 Å². The minimum Gasteiger partial charge on any atom is -0.275 e. The van der Waals surface area contributed by atoms with Gasteiger partial charge in [-0.2, -0.15) is 8.42 Å². The molecule has 0 unspecified atom stereocenters. The Morgan fingerprint density at radius 3 is 2.25 bits per heavy atom. The molecule has 0 radical (unpaired) electrons. The largest absolute Gasteiger partial charge is 0.297 e. The zero-order valence-electron chi connectivity index (χ0n) is 10.6. The molecule has 0 fully saturated rings. The Bertz CT molecular complexity index is 328. The molecule has 0 atom stereocenters. The van der Waals surface area contributed by atoms with E-state index < -0.39 is 10.2 Å². The zero-order chi connectivity index (χ0) is 12.8. The number of nitrogens with zero attached hydrogens (tertiary/aromatic N) is 1. The summed E-state index contributed by atoms with van der Waals surface area (Å²) < 4.78 is 23.8. The highest BCUT2D eigenvalue weighted by Gasteiger charge is 2.10. The lowest BCUT2D eigenvalue weighted by molar-refractivity contribution is 0.361. The van der Waals surface area contributed by atoms with Gasteiger partial charge in [-0.25, -0.2) is 5.14 Å². The summed E-state index contributed by atoms with van der Waals surface area (Å²) in [6.45, 7) is 6.55. The highest BCUT2D eigenvalue weighted by molar-refractivity contribution is 7.87. The van der Waals surface area contributed by atoms with Crippen molar-refractivity contribution >= 4 is 16.0 Å². The van der Waals surface area contributed by atoms with Crippen LogP contribution in [0.2, 0.25) is 0 Å². The Balaban J connectivity index is 3.92. The Labute approximate surface area is 98.7 Å². The van der Waals surface area contributed by atoms with Gasteiger partial charge in [-0.15, -0.1) is 0 Å². The molecule has 3 N–H and O–H groups in total. The van der Waals surface area contributed by atoms with Crippen LogP contribution in [0.3, 0.4) is 0 Å². The van der Waals surface area contributed by atoms with Crippen LogP contribution < -0.4 is 9.86 Å². The van der Waals surface area contributed by atoms with E-state index in [1.54, 1.807) is 7.05 Å². The number of nitrogens with two attached hydrogens (primary N) is 1. The number of unbranched alkanes of at least 4 members (excludes halogenated alkanes) is 1. The molecule has 0 aliphatic rings. The van der Waals surface area contributed by atoms with Crippen LogP contribution in [0.5, 0.6) is 0 Å². The van der Waals surface area contributed by atoms with Crippen molar-refractivity contribution < 1.29 is 8.42 Å². The lowest BCUT2D eigenvalue weighted by Gasteiger charge is -2.17. The predicted molar refractivity (Wildman–Crippen MR) is 67.5 cm³/mol. The molecule has 0 saturated carbocycles. The molecule has 5 nitrogen and oxygen atoms in total. The van der Waals surface area contributed by atoms with E-state index in [2.05, 4.69) is 30.5 Å². The molecule has 0 spiro atoms. The van der Waals surface area contributed by atoms with Crippen LogP contribution in [0.25, 0.3) is 0 Å². The second-order valence-corrected chi connectivity index (χ2v) is 6.38. The first-order chi connectivity index (χ1) is 7.14. The SMILES string of the molecule is CN=C(CCCCC(C)(C)C)NS(N)(=O)=O. The van der Waals surface area contributed by atoms with Crippen molar-refractivity contribution in [1.82, 2.24) is 4.72 Å². The number of rotatable bonds is 5. The Kier molecular flexibility index (Phi) is 5.96. The van der Waals surface area contributed by atoms with Crippen LogP contribution in [-0.4, -0.2) is 21.3 Å². The summed E-state index contributed by atoms with van der Waals surface area (Å²) in [6.07, 6.45) is 3.68. The van der Waals surface area contributed by atoms with Gasteiger partial charge in [-0.1, -0.05) is 27.2 Å². The van der Waals surface area contributed by atoms with Crippen LogP contribution in [0.4, 0.5) is 0 Å². The molecule has 0 aliphatic heterocycles. The Hall–Kier alpha value is -0.620. The van der Waals surface area contributed by atoms with Gasteiger partial charge in [0.15, 0.2) is 0 Å². The molecule has 0 heterocycles. The maximum Gasteiger partial charge on any atom is 0.297 e. The number of hydrogen-bond acceptors (Lipinski definition) is 3. The monoisotopic (exact) mass is 249 g/mol. The average molecular weight is 249 g/mol. The summed E-state index contributed by atoms with van der Waals surface area (Å²) in [4.78, 5) is 3.85. The number of amidine groups is 1. The maximum absolute atomic E-state index is 10.8. The Morgan fingerprint density at radius 1 is 1.31 bits per heavy atom. The molecule has 16 heavy (non-hydrogen) atoms. The molecule has 6 heteroatoms. The molecule has 0 saturated heterocycles. The van der Waals surface area contributed by atoms with Gasteiger partial charge < -0.3 is 0 Å². The van der Waals surface area contributed by atoms with E-state index in [1.807, 2.05) is 0 Å². The van der Waals surface area contributed by atoms with Crippen LogP contribution in [-0.2, 0) is 10.2 Å². The Morgan fingerprint density at radius 2 is 1.88 bits per heavy atom. The molecule has 0 aromatic rings. The summed E-state index contributed by atoms with van der Waals surface area (Å²) in [5.74, 6) is 0.427. The second-order valence-electron chi connectivity index (χ2n) is 5.09. The van der Waals surface area contributed by atoms with Gasteiger partial charge in [0.1, 0.15) is 5.84 Å². The molecular weight excluding hydrogens is 226 g/mol. The topological polar surface area (TPSA) is 84.5 Å². The summed E-state index contributed by atoms with van der Waals surface area (Å²) in [5, 5.41) is 4.87. The molecule has 0 rings (SSSR count). The summed E-state index contributed by atoms with van der Waals surface area (Å²) in [7, 11) is -2.13. The van der Waals surface area contributed by atoms with Crippen molar-refractivity contribution in [2.24, 2.45) is 15.5 Å². The van der Waals surface area contributed by atoms with Crippen LogP contribution in [0.1, 0.15) is 46.5 Å². The first-order valence-electron chi connectivity index (χ1n) is 5.40. The molecule has 0 aliphatic carbocycles. The fourth-order valence-corrected chi connectivity index (χ4v) is 1.84. The third-order valence-electron chi connectivity index (χ3n) is 2.12. The van der Waals surface area contributed by atoms with E-state index in [0.29, 0.717) is 17.7 Å². The van der Waals surface area contributed by atoms with Gasteiger partial charge in [0, 0.05) is 13.5 Å². The third kappa shape index (κ3) is 9.92. The van der Waals surface area contributed by atoms with Gasteiger partial charge in [-0.05, 0) is 18.3 Å². The van der Waals surface area contributed by atoms with Gasteiger partial charge in [0.25, 0.3) is 10.2 Å². The minimum atomic E-state index is -3.68. The van der Waals surface area contributed by atoms with E-state index in [0.717, 1.165) is 19.3 Å². The fraction of sp³-hybridized carbons (Fsp3) is 0.900. The smallest absolute Gasteiger partial charge is 0.275 e. The minimum absolute atomic E-state index is 0.316. The molecule has 0 amide bonds. The van der Waals surface area contributed by atoms with Crippen molar-refractivity contribution in [1.29, 1.82) is 0 Å². The predicted octanol–water partition coefficient (Wildman–Crippen LogP) is 1.41. The van der Waals surface area contributed by atoms with Crippen LogP contribution in [0, 0.1) is 5.41 Å². The van der Waals surface area contributed by atoms with Crippen LogP contribution in [0.15, 0.2) is 4.99 Å². The third-order valence-corrected chi connectivity index (χ3v) is 2.64. The second kappa shape index (κ2) is 6.20. The first kappa shape index (κ1) is 15.4. The van der Waals surface area contributed by atoms with Crippen LogP contribution >= 0.6 is 0 Å². The maximum atomic E-state index is 10.8. The number of aliphatic imine (C=N–C) groups is 1. The number of nitrogens with one attached hydrogen (secondary N) is 1. The van der Waals surface area contributed by atoms with E-state index in [1.165, 1.54) is 0 Å². The van der Waals surface area contributed by atoms with Gasteiger partial charge in [0.2, 0.25) is 0 Å². The molecule has 0 aromatic carbocycles. The van der Waals surface area contributed by atoms with E-state index in [9.17, 15) is 8.42 Å². The van der Waals surface area contributed by atoms with Crippen molar-refractivity contribution in [3.63, 3.8) is 0 Å². The average Bonchev–Trinajstić information content (AvgIpc) is 2.06.